The minimum absolute atomic E-state index is 0.338. The van der Waals surface area contributed by atoms with Crippen molar-refractivity contribution >= 4 is 40.7 Å². The van der Waals surface area contributed by atoms with Gasteiger partial charge in [-0.2, -0.15) is 0 Å². The molecule has 10 heteroatoms. The number of benzene rings is 3. The molecular weight excluding hydrogens is 582 g/mol. The lowest BCUT2D eigenvalue weighted by Gasteiger charge is -2.37. The van der Waals surface area contributed by atoms with Gasteiger partial charge in [0.2, 0.25) is 17.7 Å². The highest BCUT2D eigenvalue weighted by atomic mass is 35.5. The molecule has 3 aromatic rings. The second-order valence-electron chi connectivity index (χ2n) is 11.6. The number of likely N-dealkylation sites (tertiary alicyclic amines) is 1. The van der Waals surface area contributed by atoms with Crippen LogP contribution in [0.5, 0.6) is 5.75 Å². The van der Waals surface area contributed by atoms with Gasteiger partial charge < -0.3 is 30.1 Å². The number of anilines is 2. The number of fused-ring (bicyclic) bond motifs is 1. The summed E-state index contributed by atoms with van der Waals surface area (Å²) in [5, 5.41) is 17.1. The van der Waals surface area contributed by atoms with Crippen molar-refractivity contribution in [3.8, 4) is 5.75 Å². The third kappa shape index (κ3) is 4.93. The van der Waals surface area contributed by atoms with Crippen molar-refractivity contribution in [1.82, 2.24) is 4.90 Å². The lowest BCUT2D eigenvalue weighted by atomic mass is 9.65. The summed E-state index contributed by atoms with van der Waals surface area (Å²) in [4.78, 5) is 44.5. The van der Waals surface area contributed by atoms with E-state index in [1.807, 2.05) is 44.2 Å². The molecule has 3 N–H and O–H groups in total. The van der Waals surface area contributed by atoms with Crippen molar-refractivity contribution < 1.29 is 29.0 Å². The second kappa shape index (κ2) is 11.9. The minimum Gasteiger partial charge on any atom is -0.494 e. The Kier molecular flexibility index (Phi) is 8.13. The van der Waals surface area contributed by atoms with Gasteiger partial charge in [-0.05, 0) is 80.3 Å². The van der Waals surface area contributed by atoms with Crippen molar-refractivity contribution in [3.63, 3.8) is 0 Å². The lowest BCUT2D eigenvalue weighted by molar-refractivity contribution is -0.148. The zero-order valence-corrected chi connectivity index (χ0v) is 25.4. The van der Waals surface area contributed by atoms with Gasteiger partial charge in [-0.25, -0.2) is 0 Å². The van der Waals surface area contributed by atoms with Crippen molar-refractivity contribution in [2.75, 3.05) is 23.8 Å². The maximum Gasteiger partial charge on any atom is 0.250 e. The molecule has 0 aromatic heterocycles. The van der Waals surface area contributed by atoms with Crippen LogP contribution in [0, 0.1) is 11.8 Å². The van der Waals surface area contributed by atoms with Crippen LogP contribution >= 0.6 is 11.6 Å². The average Bonchev–Trinajstić information content (AvgIpc) is 3.64. The van der Waals surface area contributed by atoms with Gasteiger partial charge in [0, 0.05) is 16.4 Å². The van der Waals surface area contributed by atoms with E-state index >= 15 is 0 Å². The summed E-state index contributed by atoms with van der Waals surface area (Å²) in [5.41, 5.74) is -0.415. The van der Waals surface area contributed by atoms with Crippen LogP contribution in [-0.4, -0.2) is 58.2 Å². The number of hydrogen-bond donors (Lipinski definition) is 3. The van der Waals surface area contributed by atoms with Crippen LogP contribution < -0.4 is 15.4 Å². The zero-order chi connectivity index (χ0) is 31.1. The molecule has 9 nitrogen and oxygen atoms in total. The normalized spacial score (nSPS) is 27.6. The first-order chi connectivity index (χ1) is 21.3. The van der Waals surface area contributed by atoms with E-state index in [1.165, 1.54) is 4.90 Å². The van der Waals surface area contributed by atoms with E-state index < -0.39 is 47.6 Å². The van der Waals surface area contributed by atoms with Crippen LogP contribution in [0.25, 0.3) is 0 Å². The summed E-state index contributed by atoms with van der Waals surface area (Å²) >= 11 is 6.07. The summed E-state index contributed by atoms with van der Waals surface area (Å²) in [5.74, 6) is -2.24. The van der Waals surface area contributed by atoms with Gasteiger partial charge in [0.15, 0.2) is 0 Å². The lowest BCUT2D eigenvalue weighted by Crippen LogP contribution is -2.54. The van der Waals surface area contributed by atoms with E-state index in [2.05, 4.69) is 10.6 Å². The summed E-state index contributed by atoms with van der Waals surface area (Å²) < 4.78 is 12.4. The Morgan fingerprint density at radius 2 is 1.61 bits per heavy atom. The van der Waals surface area contributed by atoms with Gasteiger partial charge in [-0.1, -0.05) is 48.9 Å². The average molecular weight is 618 g/mol. The van der Waals surface area contributed by atoms with Gasteiger partial charge in [0.25, 0.3) is 0 Å². The molecule has 3 saturated heterocycles. The molecule has 6 rings (SSSR count). The topological polar surface area (TPSA) is 117 Å². The molecule has 3 amide bonds. The Labute approximate surface area is 261 Å². The number of carbonyl (C=O) groups is 3. The number of nitrogens with one attached hydrogen (secondary N) is 2. The molecule has 2 bridgehead atoms. The predicted octanol–water partition coefficient (Wildman–Crippen LogP) is 5.20. The molecule has 1 spiro atoms. The van der Waals surface area contributed by atoms with E-state index in [-0.39, 0.29) is 11.8 Å². The summed E-state index contributed by atoms with van der Waals surface area (Å²) in [6.07, 6.45) is 1.43. The first-order valence-corrected chi connectivity index (χ1v) is 15.4. The molecule has 3 aromatic carbocycles. The van der Waals surface area contributed by atoms with Crippen molar-refractivity contribution in [1.29, 1.82) is 0 Å². The number of carbonyl (C=O) groups excluding carboxylic acids is 3. The standard InChI is InChI=1S/C34H36ClN3O6/c1-3-33-18-19-34(44-33)28(27(33)30(40)36-24-14-16-25(17-15-24)43-4-2)32(42)38(26(20-39)21-8-6-5-7-9-21)29(34)31(41)37-23-12-10-22(35)11-13-23/h5-17,26-29,39H,3-4,18-20H2,1-2H3,(H,36,40)(H,37,41)/t26-,27-,28+,29?,33+,34?/m1/s1. The van der Waals surface area contributed by atoms with Crippen molar-refractivity contribution in [2.45, 2.75) is 56.4 Å². The van der Waals surface area contributed by atoms with Crippen LogP contribution in [0.1, 0.15) is 44.7 Å². The fourth-order valence-electron chi connectivity index (χ4n) is 7.48. The molecule has 3 aliphatic heterocycles. The zero-order valence-electron chi connectivity index (χ0n) is 24.7. The third-order valence-corrected chi connectivity index (χ3v) is 9.64. The number of hydrogen-bond acceptors (Lipinski definition) is 6. The van der Waals surface area contributed by atoms with Gasteiger partial charge in [0.1, 0.15) is 17.4 Å². The first-order valence-electron chi connectivity index (χ1n) is 15.0. The SMILES string of the molecule is CCOc1ccc(NC(=O)[C@H]2[C@H]3C(=O)N([C@H](CO)c4ccccc4)C(C(=O)Nc4ccc(Cl)cc4)C34CC[C@]2(CC)O4)cc1. The maximum atomic E-state index is 14.6. The monoisotopic (exact) mass is 617 g/mol. The fourth-order valence-corrected chi connectivity index (χ4v) is 7.61. The van der Waals surface area contributed by atoms with Crippen LogP contribution in [0.15, 0.2) is 78.9 Å². The van der Waals surface area contributed by atoms with E-state index in [1.54, 1.807) is 48.5 Å². The number of rotatable bonds is 10. The number of nitrogens with zero attached hydrogens (tertiary/aromatic N) is 1. The maximum absolute atomic E-state index is 14.6. The molecule has 0 radical (unpaired) electrons. The van der Waals surface area contributed by atoms with Crippen molar-refractivity contribution in [2.24, 2.45) is 11.8 Å². The molecule has 6 atom stereocenters. The first kappa shape index (κ1) is 30.1. The fraction of sp³-hybridized carbons (Fsp3) is 0.382. The molecule has 3 heterocycles. The summed E-state index contributed by atoms with van der Waals surface area (Å²) in [7, 11) is 0. The Balaban J connectivity index is 1.40. The summed E-state index contributed by atoms with van der Waals surface area (Å²) in [6, 6.07) is 21.0. The molecule has 3 fully saturated rings. The van der Waals surface area contributed by atoms with E-state index in [0.717, 1.165) is 0 Å². The largest absolute Gasteiger partial charge is 0.494 e. The van der Waals surface area contributed by atoms with Gasteiger partial charge in [-0.15, -0.1) is 0 Å². The Hall–Kier alpha value is -3.92. The molecular formula is C34H36ClN3O6. The van der Waals surface area contributed by atoms with Crippen molar-refractivity contribution in [3.05, 3.63) is 89.4 Å². The van der Waals surface area contributed by atoms with E-state index in [4.69, 9.17) is 21.1 Å². The van der Waals surface area contributed by atoms with Gasteiger partial charge in [0.05, 0.1) is 36.7 Å². The molecule has 0 aliphatic carbocycles. The highest BCUT2D eigenvalue weighted by Crippen LogP contribution is 2.65. The van der Waals surface area contributed by atoms with E-state index in [0.29, 0.717) is 53.6 Å². The highest BCUT2D eigenvalue weighted by Gasteiger charge is 2.79. The minimum atomic E-state index is -1.26. The number of amides is 3. The Morgan fingerprint density at radius 1 is 0.977 bits per heavy atom. The Morgan fingerprint density at radius 3 is 2.23 bits per heavy atom. The van der Waals surface area contributed by atoms with Crippen LogP contribution in [-0.2, 0) is 19.1 Å². The molecule has 2 unspecified atom stereocenters. The second-order valence-corrected chi connectivity index (χ2v) is 12.1. The van der Waals surface area contributed by atoms with Crippen LogP contribution in [0.3, 0.4) is 0 Å². The Bertz CT molecular complexity index is 1530. The quantitative estimate of drug-likeness (QED) is 0.288. The van der Waals surface area contributed by atoms with Crippen LogP contribution in [0.2, 0.25) is 5.02 Å². The summed E-state index contributed by atoms with van der Waals surface area (Å²) in [6.45, 7) is 3.96. The van der Waals surface area contributed by atoms with Gasteiger partial charge in [-0.3, -0.25) is 14.4 Å². The number of ether oxygens (including phenoxy) is 2. The van der Waals surface area contributed by atoms with Crippen LogP contribution in [0.4, 0.5) is 11.4 Å². The van der Waals surface area contributed by atoms with Gasteiger partial charge >= 0.3 is 0 Å². The molecule has 230 valence electrons. The predicted molar refractivity (Wildman–Crippen MR) is 166 cm³/mol. The number of aliphatic hydroxyl groups excluding tert-OH is 1. The molecule has 0 saturated carbocycles. The molecule has 3 aliphatic rings. The smallest absolute Gasteiger partial charge is 0.250 e. The van der Waals surface area contributed by atoms with E-state index in [9.17, 15) is 19.5 Å². The highest BCUT2D eigenvalue weighted by molar-refractivity contribution is 6.30. The number of aliphatic hydroxyl groups is 1. The number of halogens is 1. The molecule has 44 heavy (non-hydrogen) atoms. The third-order valence-electron chi connectivity index (χ3n) is 9.39.